The van der Waals surface area contributed by atoms with Crippen molar-refractivity contribution in [2.45, 2.75) is 84.6 Å². The summed E-state index contributed by atoms with van der Waals surface area (Å²) < 4.78 is 7.35. The van der Waals surface area contributed by atoms with Gasteiger partial charge in [-0.1, -0.05) is 24.3 Å². The predicted octanol–water partition coefficient (Wildman–Crippen LogP) is 1.35. The number of fused-ring (bicyclic) bond motifs is 4. The zero-order valence-corrected chi connectivity index (χ0v) is 25.4. The SMILES string of the molecule is CC1OC(CCO)CC2(SC34CC(CCO)OC(C)C3(O)C(=O)c3c(O)cccc3C4=O)C(=O)c3cccc(O)c3C(=O)C12O. The zero-order valence-electron chi connectivity index (χ0n) is 24.6. The maximum atomic E-state index is 14.8. The third kappa shape index (κ3) is 3.95. The molecule has 2 aliphatic heterocycles. The maximum absolute atomic E-state index is 14.8. The first kappa shape index (κ1) is 31.8. The van der Waals surface area contributed by atoms with Crippen LogP contribution in [0.2, 0.25) is 0 Å². The van der Waals surface area contributed by atoms with Crippen molar-refractivity contribution in [3.63, 3.8) is 0 Å². The van der Waals surface area contributed by atoms with Gasteiger partial charge in [0.15, 0.2) is 22.8 Å². The van der Waals surface area contributed by atoms with Crippen molar-refractivity contribution < 1.29 is 59.3 Å². The Morgan fingerprint density at radius 3 is 1.42 bits per heavy atom. The minimum Gasteiger partial charge on any atom is -0.507 e. The molecule has 8 unspecified atom stereocenters. The molecule has 2 heterocycles. The highest BCUT2D eigenvalue weighted by molar-refractivity contribution is 8.03. The number of carbonyl (C=O) groups is 4. The van der Waals surface area contributed by atoms with E-state index in [4.69, 9.17) is 9.47 Å². The molecular weight excluding hydrogens is 608 g/mol. The number of benzene rings is 2. The monoisotopic (exact) mass is 642 g/mol. The highest BCUT2D eigenvalue weighted by Gasteiger charge is 2.78. The summed E-state index contributed by atoms with van der Waals surface area (Å²) in [6.07, 6.45) is -5.49. The van der Waals surface area contributed by atoms with Gasteiger partial charge in [-0.3, -0.25) is 19.2 Å². The molecule has 8 atom stereocenters. The fraction of sp³-hybridized carbons (Fsp3) is 0.500. The first-order valence-electron chi connectivity index (χ1n) is 14.8. The van der Waals surface area contributed by atoms with Crippen LogP contribution in [-0.4, -0.2) is 112 Å². The van der Waals surface area contributed by atoms with E-state index >= 15 is 0 Å². The zero-order chi connectivity index (χ0) is 32.7. The summed E-state index contributed by atoms with van der Waals surface area (Å²) in [7, 11) is 0. The number of phenols is 2. The van der Waals surface area contributed by atoms with Crippen molar-refractivity contribution in [1.82, 2.24) is 0 Å². The molecule has 2 aromatic rings. The Hall–Kier alpha value is -3.17. The van der Waals surface area contributed by atoms with Gasteiger partial charge in [-0.05, 0) is 51.7 Å². The van der Waals surface area contributed by atoms with Crippen LogP contribution in [0.3, 0.4) is 0 Å². The summed E-state index contributed by atoms with van der Waals surface area (Å²) in [6, 6.07) is 7.72. The molecule has 13 heteroatoms. The molecule has 240 valence electrons. The number of phenolic OH excluding ortho intramolecular Hbond substituents is 2. The number of ether oxygens (including phenoxy) is 2. The molecule has 4 aliphatic rings. The number of hydrogen-bond donors (Lipinski definition) is 6. The van der Waals surface area contributed by atoms with Crippen molar-refractivity contribution in [1.29, 1.82) is 0 Å². The molecular formula is C32H34O12S. The van der Waals surface area contributed by atoms with E-state index in [2.05, 4.69) is 0 Å². The Kier molecular flexibility index (Phi) is 7.56. The van der Waals surface area contributed by atoms with E-state index < -0.39 is 104 Å². The number of thioether (sulfide) groups is 1. The fourth-order valence-electron chi connectivity index (χ4n) is 7.76. The smallest absolute Gasteiger partial charge is 0.203 e. The van der Waals surface area contributed by atoms with Crippen LogP contribution in [0, 0.1) is 0 Å². The Morgan fingerprint density at radius 1 is 0.689 bits per heavy atom. The Balaban J connectivity index is 1.67. The second kappa shape index (κ2) is 10.7. The van der Waals surface area contributed by atoms with E-state index in [-0.39, 0.29) is 37.2 Å². The van der Waals surface area contributed by atoms with E-state index in [1.54, 1.807) is 0 Å². The number of aliphatic hydroxyl groups excluding tert-OH is 2. The summed E-state index contributed by atoms with van der Waals surface area (Å²) in [5, 5.41) is 66.1. The number of aromatic hydroxyl groups is 2. The Morgan fingerprint density at radius 2 is 1.07 bits per heavy atom. The normalized spacial score (nSPS) is 37.5. The van der Waals surface area contributed by atoms with Crippen LogP contribution in [-0.2, 0) is 9.47 Å². The van der Waals surface area contributed by atoms with Crippen molar-refractivity contribution in [3.8, 4) is 11.5 Å². The van der Waals surface area contributed by atoms with Gasteiger partial charge in [0.25, 0.3) is 0 Å². The summed E-state index contributed by atoms with van der Waals surface area (Å²) in [6.45, 7) is 1.97. The molecule has 2 aliphatic carbocycles. The van der Waals surface area contributed by atoms with Gasteiger partial charge >= 0.3 is 0 Å². The van der Waals surface area contributed by atoms with Gasteiger partial charge in [-0.2, -0.15) is 0 Å². The molecule has 6 rings (SSSR count). The van der Waals surface area contributed by atoms with Crippen LogP contribution < -0.4 is 0 Å². The molecule has 0 amide bonds. The third-order valence-corrected chi connectivity index (χ3v) is 12.0. The van der Waals surface area contributed by atoms with Crippen LogP contribution in [0.25, 0.3) is 0 Å². The van der Waals surface area contributed by atoms with E-state index in [0.29, 0.717) is 11.8 Å². The lowest BCUT2D eigenvalue weighted by molar-refractivity contribution is -0.166. The van der Waals surface area contributed by atoms with E-state index in [1.807, 2.05) is 0 Å². The molecule has 0 saturated carbocycles. The molecule has 0 bridgehead atoms. The van der Waals surface area contributed by atoms with Gasteiger partial charge in [-0.15, -0.1) is 11.8 Å². The fourth-order valence-corrected chi connectivity index (χ4v) is 10.1. The quantitative estimate of drug-likeness (QED) is 0.263. The molecule has 0 spiro atoms. The van der Waals surface area contributed by atoms with Crippen LogP contribution >= 0.6 is 11.8 Å². The minimum absolute atomic E-state index is 0.00933. The lowest BCUT2D eigenvalue weighted by atomic mass is 9.63. The summed E-state index contributed by atoms with van der Waals surface area (Å²) in [4.78, 5) is 58.3. The second-order valence-corrected chi connectivity index (χ2v) is 13.8. The number of aliphatic hydroxyl groups is 4. The average molecular weight is 643 g/mol. The average Bonchev–Trinajstić information content (AvgIpc) is 2.99. The number of rotatable bonds is 6. The molecule has 0 radical (unpaired) electrons. The standard InChI is InChI=1S/C32H34O12S/c1-15-31(41)27(39)23-19(5-3-7-21(23)35)25(37)29(31,13-17(43-15)9-11-33)45-30-14-18(10-12-34)44-16(2)32(30,42)28(40)24-20(26(30)38)6-4-8-22(24)36/h3-8,15-18,33-36,41-42H,9-14H2,1-2H3. The molecule has 2 fully saturated rings. The minimum atomic E-state index is -2.72. The molecule has 6 N–H and O–H groups in total. The van der Waals surface area contributed by atoms with Gasteiger partial charge in [0.1, 0.15) is 21.0 Å². The van der Waals surface area contributed by atoms with Crippen molar-refractivity contribution >= 4 is 34.9 Å². The van der Waals surface area contributed by atoms with Crippen molar-refractivity contribution in [2.75, 3.05) is 13.2 Å². The van der Waals surface area contributed by atoms with Gasteiger partial charge in [0.2, 0.25) is 11.6 Å². The van der Waals surface area contributed by atoms with Crippen molar-refractivity contribution in [3.05, 3.63) is 58.7 Å². The molecule has 45 heavy (non-hydrogen) atoms. The number of Topliss-reactive ketones (excluding diaryl/α,β-unsaturated/α-hetero) is 4. The highest BCUT2D eigenvalue weighted by atomic mass is 32.2. The maximum Gasteiger partial charge on any atom is 0.203 e. The summed E-state index contributed by atoms with van der Waals surface area (Å²) in [5.74, 6) is -4.86. The van der Waals surface area contributed by atoms with Crippen molar-refractivity contribution in [2.24, 2.45) is 0 Å². The number of hydrogen-bond acceptors (Lipinski definition) is 13. The Labute approximate surface area is 262 Å². The lowest BCUT2D eigenvalue weighted by Crippen LogP contribution is -2.79. The van der Waals surface area contributed by atoms with Crippen LogP contribution in [0.15, 0.2) is 36.4 Å². The van der Waals surface area contributed by atoms with Gasteiger partial charge in [0, 0.05) is 24.3 Å². The van der Waals surface area contributed by atoms with Crippen LogP contribution in [0.4, 0.5) is 0 Å². The van der Waals surface area contributed by atoms with Crippen LogP contribution in [0.5, 0.6) is 11.5 Å². The van der Waals surface area contributed by atoms with E-state index in [9.17, 15) is 49.8 Å². The molecule has 12 nitrogen and oxygen atoms in total. The van der Waals surface area contributed by atoms with E-state index in [1.165, 1.54) is 50.2 Å². The van der Waals surface area contributed by atoms with Crippen LogP contribution in [0.1, 0.15) is 81.0 Å². The first-order valence-corrected chi connectivity index (χ1v) is 15.6. The van der Waals surface area contributed by atoms with Gasteiger partial charge < -0.3 is 40.1 Å². The third-order valence-electron chi connectivity index (χ3n) is 9.94. The number of ketones is 4. The number of carbonyl (C=O) groups excluding carboxylic acids is 4. The largest absolute Gasteiger partial charge is 0.507 e. The summed E-state index contributed by atoms with van der Waals surface area (Å²) >= 11 is 0.504. The summed E-state index contributed by atoms with van der Waals surface area (Å²) in [5.41, 5.74) is -6.76. The topological polar surface area (TPSA) is 208 Å². The highest BCUT2D eigenvalue weighted by Crippen LogP contribution is 2.64. The van der Waals surface area contributed by atoms with Gasteiger partial charge in [0.05, 0.1) is 35.5 Å². The Bertz CT molecular complexity index is 1510. The first-order chi connectivity index (χ1) is 21.2. The molecule has 2 aromatic carbocycles. The molecule has 2 saturated heterocycles. The second-order valence-electron chi connectivity index (χ2n) is 12.2. The lowest BCUT2D eigenvalue weighted by Gasteiger charge is -2.61. The predicted molar refractivity (Wildman–Crippen MR) is 158 cm³/mol. The molecule has 0 aromatic heterocycles. The van der Waals surface area contributed by atoms with E-state index in [0.717, 1.165) is 0 Å². The van der Waals surface area contributed by atoms with Gasteiger partial charge in [-0.25, -0.2) is 0 Å².